The molecule has 0 bridgehead atoms. The van der Waals surface area contributed by atoms with Gasteiger partial charge in [-0.3, -0.25) is 0 Å². The molecule has 1 aliphatic carbocycles. The van der Waals surface area contributed by atoms with Gasteiger partial charge in [-0.2, -0.15) is 0 Å². The summed E-state index contributed by atoms with van der Waals surface area (Å²) in [6, 6.07) is 50.3. The maximum atomic E-state index is 6.25. The van der Waals surface area contributed by atoms with Crippen molar-refractivity contribution in [1.29, 1.82) is 0 Å². The summed E-state index contributed by atoms with van der Waals surface area (Å²) < 4.78 is 12.5. The highest BCUT2D eigenvalue weighted by Gasteiger charge is 2.23. The number of hydrogen-bond acceptors (Lipinski definition) is 2. The van der Waals surface area contributed by atoms with Gasteiger partial charge in [-0.05, 0) is 111 Å². The van der Waals surface area contributed by atoms with Crippen LogP contribution in [0.1, 0.15) is 16.7 Å². The van der Waals surface area contributed by atoms with Gasteiger partial charge in [-0.15, -0.1) is 0 Å². The summed E-state index contributed by atoms with van der Waals surface area (Å²) in [5.41, 5.74) is 17.6. The molecule has 0 saturated carbocycles. The molecule has 216 valence electrons. The number of benzene rings is 7. The number of hydrogen-bond donors (Lipinski definition) is 0. The molecule has 46 heavy (non-hydrogen) atoms. The van der Waals surface area contributed by atoms with E-state index in [4.69, 9.17) is 8.83 Å². The molecule has 0 spiro atoms. The van der Waals surface area contributed by atoms with Gasteiger partial charge >= 0.3 is 0 Å². The Morgan fingerprint density at radius 1 is 0.413 bits per heavy atom. The second-order valence-corrected chi connectivity index (χ2v) is 12.5. The number of rotatable bonds is 2. The first-order valence-corrected chi connectivity index (χ1v) is 15.9. The van der Waals surface area contributed by atoms with E-state index in [0.29, 0.717) is 0 Å². The quantitative estimate of drug-likeness (QED) is 0.201. The summed E-state index contributed by atoms with van der Waals surface area (Å²) >= 11 is 0. The molecule has 0 saturated heterocycles. The molecule has 0 radical (unpaired) electrons. The maximum Gasteiger partial charge on any atom is 0.136 e. The molecule has 9 aromatic rings. The second-order valence-electron chi connectivity index (χ2n) is 12.5. The van der Waals surface area contributed by atoms with E-state index in [-0.39, 0.29) is 0 Å². The first-order valence-electron chi connectivity index (χ1n) is 15.9. The van der Waals surface area contributed by atoms with Crippen molar-refractivity contribution in [2.45, 2.75) is 13.3 Å². The van der Waals surface area contributed by atoms with Gasteiger partial charge in [-0.25, -0.2) is 0 Å². The molecule has 0 unspecified atom stereocenters. The van der Waals surface area contributed by atoms with Crippen molar-refractivity contribution >= 4 is 43.9 Å². The van der Waals surface area contributed by atoms with E-state index < -0.39 is 0 Å². The lowest BCUT2D eigenvalue weighted by Crippen LogP contribution is -1.92. The van der Waals surface area contributed by atoms with Crippen LogP contribution in [0.15, 0.2) is 148 Å². The van der Waals surface area contributed by atoms with Crippen LogP contribution in [0.5, 0.6) is 0 Å². The minimum Gasteiger partial charge on any atom is -0.456 e. The van der Waals surface area contributed by atoms with Crippen LogP contribution < -0.4 is 0 Å². The van der Waals surface area contributed by atoms with Crippen LogP contribution in [0.2, 0.25) is 0 Å². The summed E-state index contributed by atoms with van der Waals surface area (Å²) in [4.78, 5) is 0. The fraction of sp³-hybridized carbons (Fsp3) is 0.0455. The second kappa shape index (κ2) is 9.57. The van der Waals surface area contributed by atoms with Gasteiger partial charge in [-0.1, -0.05) is 103 Å². The Balaban J connectivity index is 1.18. The van der Waals surface area contributed by atoms with Crippen LogP contribution in [0.4, 0.5) is 0 Å². The standard InChI is InChI=1S/C44H28O2/c1-26-9-6-14-33-36-24-29(31-12-7-17-40-43(31)34-10-2-4-15-38(34)45-40)21-19-27(36)23-28-20-22-30(25-37(28)42(26)33)32-13-8-18-41-44(32)35-11-3-5-16-39(35)46-41/h2-22,24-25H,23H2,1H3. The van der Waals surface area contributed by atoms with Crippen LogP contribution >= 0.6 is 0 Å². The molecule has 0 amide bonds. The predicted octanol–water partition coefficient (Wildman–Crippen LogP) is 12.4. The summed E-state index contributed by atoms with van der Waals surface area (Å²) in [6.45, 7) is 2.24. The SMILES string of the molecule is Cc1cccc2c1-c1cc(-c3cccc4oc5ccccc5c34)ccc1Cc1ccc(-c3cccc4oc5ccccc5c34)cc1-2. The topological polar surface area (TPSA) is 26.3 Å². The lowest BCUT2D eigenvalue weighted by atomic mass is 9.88. The third-order valence-corrected chi connectivity index (χ3v) is 9.86. The molecule has 0 atom stereocenters. The predicted molar refractivity (Wildman–Crippen MR) is 190 cm³/mol. The first-order chi connectivity index (χ1) is 22.7. The fourth-order valence-corrected chi connectivity index (χ4v) is 7.77. The van der Waals surface area contributed by atoms with Crippen molar-refractivity contribution in [2.24, 2.45) is 0 Å². The molecule has 1 aliphatic rings. The van der Waals surface area contributed by atoms with E-state index in [1.165, 1.54) is 72.0 Å². The van der Waals surface area contributed by atoms with Gasteiger partial charge in [0.2, 0.25) is 0 Å². The van der Waals surface area contributed by atoms with Gasteiger partial charge in [0.25, 0.3) is 0 Å². The van der Waals surface area contributed by atoms with Gasteiger partial charge < -0.3 is 8.83 Å². The normalized spacial score (nSPS) is 12.4. The molecule has 7 aromatic carbocycles. The van der Waals surface area contributed by atoms with E-state index in [2.05, 4.69) is 134 Å². The van der Waals surface area contributed by atoms with E-state index in [1.807, 2.05) is 12.1 Å². The molecule has 2 nitrogen and oxygen atoms in total. The number of aryl methyl sites for hydroxylation is 1. The van der Waals surface area contributed by atoms with E-state index in [9.17, 15) is 0 Å². The molecule has 2 heterocycles. The van der Waals surface area contributed by atoms with Crippen LogP contribution in [-0.4, -0.2) is 0 Å². The molecule has 0 fully saturated rings. The van der Waals surface area contributed by atoms with Gasteiger partial charge in [0.05, 0.1) is 0 Å². The number of para-hydroxylation sites is 2. The van der Waals surface area contributed by atoms with E-state index >= 15 is 0 Å². The van der Waals surface area contributed by atoms with Crippen molar-refractivity contribution in [3.63, 3.8) is 0 Å². The lowest BCUT2D eigenvalue weighted by molar-refractivity contribution is 0.668. The third-order valence-electron chi connectivity index (χ3n) is 9.86. The molecule has 10 rings (SSSR count). The van der Waals surface area contributed by atoms with E-state index in [1.54, 1.807) is 0 Å². The lowest BCUT2D eigenvalue weighted by Gasteiger charge is -2.16. The third kappa shape index (κ3) is 3.64. The molecular weight excluding hydrogens is 560 g/mol. The zero-order valence-corrected chi connectivity index (χ0v) is 25.3. The fourth-order valence-electron chi connectivity index (χ4n) is 7.77. The molecule has 0 aliphatic heterocycles. The smallest absolute Gasteiger partial charge is 0.136 e. The highest BCUT2D eigenvalue weighted by atomic mass is 16.3. The van der Waals surface area contributed by atoms with Gasteiger partial charge in [0.15, 0.2) is 0 Å². The highest BCUT2D eigenvalue weighted by molar-refractivity contribution is 6.14. The van der Waals surface area contributed by atoms with Crippen molar-refractivity contribution in [2.75, 3.05) is 0 Å². The number of furan rings is 2. The summed E-state index contributed by atoms with van der Waals surface area (Å²) in [5.74, 6) is 0. The Hall–Kier alpha value is -5.86. The molecular formula is C44H28O2. The Morgan fingerprint density at radius 3 is 1.54 bits per heavy atom. The zero-order chi connectivity index (χ0) is 30.4. The van der Waals surface area contributed by atoms with Crippen LogP contribution in [-0.2, 0) is 6.42 Å². The minimum absolute atomic E-state index is 0.872. The van der Waals surface area contributed by atoms with Crippen LogP contribution in [0, 0.1) is 6.92 Å². The Labute approximate surface area is 266 Å². The largest absolute Gasteiger partial charge is 0.456 e. The zero-order valence-electron chi connectivity index (χ0n) is 25.3. The molecule has 2 heteroatoms. The Morgan fingerprint density at radius 2 is 0.913 bits per heavy atom. The summed E-state index contributed by atoms with van der Waals surface area (Å²) in [6.07, 6.45) is 0.872. The average molecular weight is 589 g/mol. The average Bonchev–Trinajstić information content (AvgIpc) is 3.63. The minimum atomic E-state index is 0.872. The van der Waals surface area contributed by atoms with Crippen molar-refractivity contribution < 1.29 is 8.83 Å². The summed E-state index contributed by atoms with van der Waals surface area (Å²) in [7, 11) is 0. The number of fused-ring (bicyclic) bond motifs is 11. The van der Waals surface area contributed by atoms with Gasteiger partial charge in [0.1, 0.15) is 22.3 Å². The molecule has 2 aromatic heterocycles. The molecule has 0 N–H and O–H groups in total. The van der Waals surface area contributed by atoms with Crippen molar-refractivity contribution in [3.05, 3.63) is 156 Å². The van der Waals surface area contributed by atoms with Crippen molar-refractivity contribution in [3.8, 4) is 44.5 Å². The van der Waals surface area contributed by atoms with Crippen molar-refractivity contribution in [1.82, 2.24) is 0 Å². The van der Waals surface area contributed by atoms with Gasteiger partial charge in [0, 0.05) is 21.5 Å². The van der Waals surface area contributed by atoms with Crippen LogP contribution in [0.3, 0.4) is 0 Å². The first kappa shape index (κ1) is 25.5. The summed E-state index contributed by atoms with van der Waals surface area (Å²) in [5, 5.41) is 4.65. The monoisotopic (exact) mass is 588 g/mol. The van der Waals surface area contributed by atoms with Crippen LogP contribution in [0.25, 0.3) is 88.4 Å². The Bertz CT molecular complexity index is 2680. The Kier molecular flexibility index (Phi) is 5.30. The highest BCUT2D eigenvalue weighted by Crippen LogP contribution is 2.46. The maximum absolute atomic E-state index is 6.25. The van der Waals surface area contributed by atoms with E-state index in [0.717, 1.165) is 39.5 Å².